The Morgan fingerprint density at radius 3 is 2.17 bits per heavy atom. The van der Waals surface area contributed by atoms with Gasteiger partial charge in [0.05, 0.1) is 0 Å². The van der Waals surface area contributed by atoms with E-state index in [1.165, 1.54) is 18.2 Å². The zero-order valence-electron chi connectivity index (χ0n) is 9.51. The van der Waals surface area contributed by atoms with Crippen molar-refractivity contribution in [3.63, 3.8) is 0 Å². The number of phenolic OH excluding ortho intramolecular Hbond substituents is 1. The molecular formula is C14H12BrFO2. The lowest BCUT2D eigenvalue weighted by Crippen LogP contribution is -1.81. The van der Waals surface area contributed by atoms with Crippen LogP contribution in [0.3, 0.4) is 0 Å². The number of hydrogen-bond acceptors (Lipinski definition) is 2. The van der Waals surface area contributed by atoms with Gasteiger partial charge in [-0.15, -0.1) is 0 Å². The Hall–Kier alpha value is -1.68. The minimum absolute atomic E-state index is 0.144. The van der Waals surface area contributed by atoms with Crippen LogP contribution in [0.15, 0.2) is 48.5 Å². The third-order valence-electron chi connectivity index (χ3n) is 2.13. The van der Waals surface area contributed by atoms with Gasteiger partial charge in [-0.3, -0.25) is 4.79 Å². The molecule has 0 aliphatic heterocycles. The summed E-state index contributed by atoms with van der Waals surface area (Å²) in [6, 6.07) is 12.8. The van der Waals surface area contributed by atoms with Gasteiger partial charge in [-0.25, -0.2) is 4.39 Å². The maximum atomic E-state index is 12.6. The summed E-state index contributed by atoms with van der Waals surface area (Å²) in [4.78, 5) is 10.0. The Morgan fingerprint density at radius 2 is 1.72 bits per heavy atom. The molecule has 2 aromatic rings. The molecular weight excluding hydrogens is 299 g/mol. The minimum atomic E-state index is -0.144. The molecule has 94 valence electrons. The Kier molecular flexibility index (Phi) is 6.08. The van der Waals surface area contributed by atoms with Crippen LogP contribution < -0.4 is 0 Å². The van der Waals surface area contributed by atoms with E-state index >= 15 is 0 Å². The normalized spacial score (nSPS) is 9.22. The molecule has 0 bridgehead atoms. The van der Waals surface area contributed by atoms with Crippen LogP contribution in [0.4, 0.5) is 4.39 Å². The van der Waals surface area contributed by atoms with Gasteiger partial charge in [-0.2, -0.15) is 0 Å². The lowest BCUT2D eigenvalue weighted by molar-refractivity contribution is 0.112. The zero-order chi connectivity index (χ0) is 13.4. The number of aromatic hydroxyl groups is 1. The second-order valence-corrected chi connectivity index (χ2v) is 4.00. The number of benzene rings is 2. The van der Waals surface area contributed by atoms with Crippen molar-refractivity contribution in [2.75, 3.05) is 0 Å². The van der Waals surface area contributed by atoms with Crippen molar-refractivity contribution in [2.24, 2.45) is 0 Å². The molecule has 0 atom stereocenters. The highest BCUT2D eigenvalue weighted by atomic mass is 79.9. The Labute approximate surface area is 113 Å². The highest BCUT2D eigenvalue weighted by Crippen LogP contribution is 2.09. The van der Waals surface area contributed by atoms with E-state index in [0.717, 1.165) is 6.29 Å². The minimum Gasteiger partial charge on any atom is -0.508 e. The predicted octanol–water partition coefficient (Wildman–Crippen LogP) is 3.93. The van der Waals surface area contributed by atoms with E-state index < -0.39 is 0 Å². The lowest BCUT2D eigenvalue weighted by Gasteiger charge is -1.93. The number of alkyl halides is 1. The zero-order valence-corrected chi connectivity index (χ0v) is 11.1. The fourth-order valence-electron chi connectivity index (χ4n) is 1.16. The molecule has 0 saturated carbocycles. The maximum Gasteiger partial charge on any atom is 0.150 e. The summed E-state index contributed by atoms with van der Waals surface area (Å²) in [5.74, 6) is 0.0370. The summed E-state index contributed by atoms with van der Waals surface area (Å²) in [6.45, 7) is 0. The number of rotatable bonds is 2. The van der Waals surface area contributed by atoms with Crippen molar-refractivity contribution in [2.45, 2.75) is 5.33 Å². The highest BCUT2D eigenvalue weighted by molar-refractivity contribution is 9.08. The van der Waals surface area contributed by atoms with Crippen molar-refractivity contribution < 1.29 is 14.3 Å². The molecule has 4 heteroatoms. The van der Waals surface area contributed by atoms with Crippen LogP contribution in [0.25, 0.3) is 0 Å². The van der Waals surface area contributed by atoms with Gasteiger partial charge in [-0.1, -0.05) is 34.1 Å². The van der Waals surface area contributed by atoms with Gasteiger partial charge in [0.15, 0.2) is 0 Å². The average molecular weight is 311 g/mol. The number of hydrogen-bond donors (Lipinski definition) is 1. The summed E-state index contributed by atoms with van der Waals surface area (Å²) in [5.41, 5.74) is 1.28. The number of carbonyl (C=O) groups is 1. The van der Waals surface area contributed by atoms with Gasteiger partial charge in [-0.05, 0) is 35.9 Å². The monoisotopic (exact) mass is 310 g/mol. The Morgan fingerprint density at radius 1 is 1.11 bits per heavy atom. The molecule has 0 aliphatic rings. The van der Waals surface area contributed by atoms with Crippen LogP contribution in [0, 0.1) is 5.82 Å². The highest BCUT2D eigenvalue weighted by Gasteiger charge is 1.94. The fourth-order valence-corrected chi connectivity index (χ4v) is 1.61. The molecule has 0 saturated heterocycles. The number of carbonyl (C=O) groups excluding carboxylic acids is 1. The standard InChI is InChI=1S/C7H6BrF.C7H6O2/c8-5-6-3-1-2-4-7(6)9;8-5-6-1-3-7(9)4-2-6/h1-4H,5H2;1-5,9H. The molecule has 0 aromatic heterocycles. The molecule has 0 fully saturated rings. The van der Waals surface area contributed by atoms with Gasteiger partial charge < -0.3 is 5.11 Å². The molecule has 18 heavy (non-hydrogen) atoms. The van der Waals surface area contributed by atoms with Gasteiger partial charge >= 0.3 is 0 Å². The van der Waals surface area contributed by atoms with Crippen LogP contribution in [-0.2, 0) is 5.33 Å². The third kappa shape index (κ3) is 4.67. The molecule has 1 N–H and O–H groups in total. The van der Waals surface area contributed by atoms with Crippen molar-refractivity contribution in [3.05, 3.63) is 65.5 Å². The quantitative estimate of drug-likeness (QED) is 0.674. The first-order valence-electron chi connectivity index (χ1n) is 5.21. The molecule has 0 radical (unpaired) electrons. The van der Waals surface area contributed by atoms with Crippen LogP contribution in [0.2, 0.25) is 0 Å². The van der Waals surface area contributed by atoms with E-state index in [-0.39, 0.29) is 11.6 Å². The summed E-state index contributed by atoms with van der Waals surface area (Å²) in [6.07, 6.45) is 0.736. The molecule has 2 nitrogen and oxygen atoms in total. The fraction of sp³-hybridized carbons (Fsp3) is 0.0714. The van der Waals surface area contributed by atoms with Crippen molar-refractivity contribution in [1.29, 1.82) is 0 Å². The van der Waals surface area contributed by atoms with Gasteiger partial charge in [0.25, 0.3) is 0 Å². The second kappa shape index (κ2) is 7.61. The summed E-state index contributed by atoms with van der Waals surface area (Å²) >= 11 is 3.17. The molecule has 0 unspecified atom stereocenters. The summed E-state index contributed by atoms with van der Waals surface area (Å²) in [7, 11) is 0. The third-order valence-corrected chi connectivity index (χ3v) is 2.74. The van der Waals surface area contributed by atoms with Crippen LogP contribution in [0.5, 0.6) is 5.75 Å². The van der Waals surface area contributed by atoms with E-state index in [1.807, 2.05) is 6.07 Å². The molecule has 0 spiro atoms. The number of phenols is 1. The first-order valence-corrected chi connectivity index (χ1v) is 6.33. The molecule has 0 aliphatic carbocycles. The van der Waals surface area contributed by atoms with Gasteiger partial charge in [0.2, 0.25) is 0 Å². The van der Waals surface area contributed by atoms with Crippen LogP contribution in [0.1, 0.15) is 15.9 Å². The first kappa shape index (κ1) is 14.4. The van der Waals surface area contributed by atoms with Crippen molar-refractivity contribution >= 4 is 22.2 Å². The van der Waals surface area contributed by atoms with E-state index in [9.17, 15) is 9.18 Å². The SMILES string of the molecule is Fc1ccccc1CBr.O=Cc1ccc(O)cc1. The maximum absolute atomic E-state index is 12.6. The average Bonchev–Trinajstić information content (AvgIpc) is 2.41. The largest absolute Gasteiger partial charge is 0.508 e. The molecule has 2 aromatic carbocycles. The van der Waals surface area contributed by atoms with E-state index in [2.05, 4.69) is 15.9 Å². The second-order valence-electron chi connectivity index (χ2n) is 3.43. The van der Waals surface area contributed by atoms with Gasteiger partial charge in [0, 0.05) is 10.9 Å². The summed E-state index contributed by atoms with van der Waals surface area (Å²) < 4.78 is 12.6. The number of halogens is 2. The Balaban J connectivity index is 0.000000180. The van der Waals surface area contributed by atoms with Crippen molar-refractivity contribution in [1.82, 2.24) is 0 Å². The van der Waals surface area contributed by atoms with E-state index in [4.69, 9.17) is 5.11 Å². The van der Waals surface area contributed by atoms with Crippen molar-refractivity contribution in [3.8, 4) is 5.75 Å². The van der Waals surface area contributed by atoms with E-state index in [0.29, 0.717) is 16.5 Å². The molecule has 2 rings (SSSR count). The molecule has 0 heterocycles. The van der Waals surface area contributed by atoms with E-state index in [1.54, 1.807) is 24.3 Å². The lowest BCUT2D eigenvalue weighted by atomic mass is 10.2. The predicted molar refractivity (Wildman–Crippen MR) is 72.5 cm³/mol. The van der Waals surface area contributed by atoms with Gasteiger partial charge in [0.1, 0.15) is 17.9 Å². The Bertz CT molecular complexity index is 497. The number of aldehydes is 1. The molecule has 0 amide bonds. The topological polar surface area (TPSA) is 37.3 Å². The smallest absolute Gasteiger partial charge is 0.150 e. The summed E-state index contributed by atoms with van der Waals surface area (Å²) in [5, 5.41) is 9.32. The van der Waals surface area contributed by atoms with Crippen LogP contribution in [-0.4, -0.2) is 11.4 Å². The van der Waals surface area contributed by atoms with Crippen LogP contribution >= 0.6 is 15.9 Å². The first-order chi connectivity index (χ1) is 8.67.